The quantitative estimate of drug-likeness (QED) is 0.229. The van der Waals surface area contributed by atoms with Crippen molar-refractivity contribution in [3.8, 4) is 22.8 Å². The fourth-order valence-electron chi connectivity index (χ4n) is 5.28. The highest BCUT2D eigenvalue weighted by Crippen LogP contribution is 2.46. The monoisotopic (exact) mass is 620 g/mol. The molecule has 1 aliphatic heterocycles. The van der Waals surface area contributed by atoms with Crippen LogP contribution in [0.2, 0.25) is 0 Å². The fourth-order valence-corrected chi connectivity index (χ4v) is 6.23. The Morgan fingerprint density at radius 1 is 1.07 bits per heavy atom. The van der Waals surface area contributed by atoms with Gasteiger partial charge in [-0.2, -0.15) is 4.99 Å². The Balaban J connectivity index is 1.13. The summed E-state index contributed by atoms with van der Waals surface area (Å²) in [6, 6.07) is 19.2. The molecule has 1 aromatic heterocycles. The second-order valence-electron chi connectivity index (χ2n) is 11.3. The van der Waals surface area contributed by atoms with Crippen molar-refractivity contribution in [1.82, 2.24) is 20.1 Å². The van der Waals surface area contributed by atoms with E-state index in [0.717, 1.165) is 42.0 Å². The molecule has 2 aliphatic rings. The number of nitrogens with one attached hydrogen (secondary N) is 1. The number of carbonyl (C=O) groups is 1. The van der Waals surface area contributed by atoms with Gasteiger partial charge in [0.25, 0.3) is 0 Å². The summed E-state index contributed by atoms with van der Waals surface area (Å²) in [6.07, 6.45) is -1.62. The van der Waals surface area contributed by atoms with Gasteiger partial charge >= 0.3 is 12.4 Å². The number of thioether (sulfide) groups is 1. The minimum Gasteiger partial charge on any atom is -0.406 e. The summed E-state index contributed by atoms with van der Waals surface area (Å²) in [5, 5.41) is 8.34. The predicted molar refractivity (Wildman–Crippen MR) is 165 cm³/mol. The van der Waals surface area contributed by atoms with Gasteiger partial charge in [-0.3, -0.25) is 0 Å². The van der Waals surface area contributed by atoms with E-state index in [4.69, 9.17) is 0 Å². The summed E-state index contributed by atoms with van der Waals surface area (Å²) in [7, 11) is 0. The molecule has 0 radical (unpaired) electrons. The maximum absolute atomic E-state index is 13.2. The summed E-state index contributed by atoms with van der Waals surface area (Å²) in [5.41, 5.74) is 5.33. The van der Waals surface area contributed by atoms with Crippen molar-refractivity contribution < 1.29 is 22.7 Å². The van der Waals surface area contributed by atoms with Crippen LogP contribution >= 0.6 is 11.8 Å². The third-order valence-corrected chi connectivity index (χ3v) is 8.65. The van der Waals surface area contributed by atoms with Gasteiger partial charge < -0.3 is 15.0 Å². The molecule has 228 valence electrons. The summed E-state index contributed by atoms with van der Waals surface area (Å²) >= 11 is 1.59. The molecule has 1 N–H and O–H groups in total. The normalized spacial score (nSPS) is 16.9. The molecule has 44 heavy (non-hydrogen) atoms. The van der Waals surface area contributed by atoms with E-state index in [1.165, 1.54) is 46.4 Å². The van der Waals surface area contributed by atoms with Gasteiger partial charge in [-0.25, -0.2) is 14.5 Å². The lowest BCUT2D eigenvalue weighted by Gasteiger charge is -2.24. The summed E-state index contributed by atoms with van der Waals surface area (Å²) in [6.45, 7) is 7.21. The Bertz CT molecular complexity index is 1700. The largest absolute Gasteiger partial charge is 0.573 e. The van der Waals surface area contributed by atoms with Gasteiger partial charge in [0.1, 0.15) is 12.1 Å². The first kappa shape index (κ1) is 29.7. The number of amides is 2. The second-order valence-corrected chi connectivity index (χ2v) is 12.3. The van der Waals surface area contributed by atoms with Gasteiger partial charge in [0.2, 0.25) is 0 Å². The van der Waals surface area contributed by atoms with Crippen molar-refractivity contribution in [3.05, 3.63) is 89.7 Å². The minimum absolute atomic E-state index is 0.310. The third kappa shape index (κ3) is 6.45. The number of aryl methyl sites for hydroxylation is 1. The number of rotatable bonds is 7. The average Bonchev–Trinajstić information content (AvgIpc) is 3.35. The number of anilines is 1. The number of carbonyl (C=O) groups excluding carboxylic acids is 1. The molecule has 0 unspecified atom stereocenters. The number of urea groups is 1. The number of amidine groups is 1. The lowest BCUT2D eigenvalue weighted by atomic mass is 9.99. The Morgan fingerprint density at radius 2 is 1.80 bits per heavy atom. The first-order chi connectivity index (χ1) is 21.0. The van der Waals surface area contributed by atoms with E-state index in [9.17, 15) is 18.0 Å². The Morgan fingerprint density at radius 3 is 2.45 bits per heavy atom. The minimum atomic E-state index is -4.75. The highest BCUT2D eigenvalue weighted by molar-refractivity contribution is 8.14. The third-order valence-electron chi connectivity index (χ3n) is 7.69. The maximum Gasteiger partial charge on any atom is 0.573 e. The van der Waals surface area contributed by atoms with E-state index in [2.05, 4.69) is 69.0 Å². The highest BCUT2D eigenvalue weighted by atomic mass is 32.2. The molecule has 2 amide bonds. The van der Waals surface area contributed by atoms with Crippen molar-refractivity contribution in [2.45, 2.75) is 51.4 Å². The first-order valence-corrected chi connectivity index (χ1v) is 15.3. The van der Waals surface area contributed by atoms with Gasteiger partial charge in [0.15, 0.2) is 11.0 Å². The van der Waals surface area contributed by atoms with Gasteiger partial charge in [-0.1, -0.05) is 62.0 Å². The summed E-state index contributed by atoms with van der Waals surface area (Å²) in [5.74, 6) is 1.37. The summed E-state index contributed by atoms with van der Waals surface area (Å²) < 4.78 is 42.7. The van der Waals surface area contributed by atoms with Crippen LogP contribution in [0.15, 0.2) is 78.0 Å². The van der Waals surface area contributed by atoms with E-state index in [-0.39, 0.29) is 11.8 Å². The predicted octanol–water partition coefficient (Wildman–Crippen LogP) is 7.57. The van der Waals surface area contributed by atoms with E-state index in [0.29, 0.717) is 22.6 Å². The van der Waals surface area contributed by atoms with Crippen LogP contribution in [-0.2, 0) is 5.54 Å². The van der Waals surface area contributed by atoms with Crippen molar-refractivity contribution in [2.24, 2.45) is 4.99 Å². The Kier molecular flexibility index (Phi) is 7.87. The van der Waals surface area contributed by atoms with Gasteiger partial charge in [-0.15, -0.1) is 18.3 Å². The molecule has 1 saturated carbocycles. The number of halogens is 3. The standard InChI is InChI=1S/C32H31F3N6O2S/c1-20(2)26-13-4-21(3)18-27(26)40-16-17-44-30(40)37-29(42)38-31(14-15-31)23-7-5-22(6-8-23)28-36-19-41(39-28)24-9-11-25(12-10-24)43-32(33,34)35/h4-13,18-20H,14-17H2,1-3H3,(H,38,42). The maximum atomic E-state index is 13.2. The van der Waals surface area contributed by atoms with Crippen LogP contribution in [-0.4, -0.2) is 44.6 Å². The number of ether oxygens (including phenoxy) is 1. The highest BCUT2D eigenvalue weighted by Gasteiger charge is 2.46. The molecule has 1 aliphatic carbocycles. The van der Waals surface area contributed by atoms with Gasteiger partial charge in [0.05, 0.1) is 11.2 Å². The van der Waals surface area contributed by atoms with E-state index >= 15 is 0 Å². The van der Waals surface area contributed by atoms with Crippen molar-refractivity contribution >= 4 is 28.6 Å². The molecule has 0 spiro atoms. The van der Waals surface area contributed by atoms with Crippen molar-refractivity contribution in [3.63, 3.8) is 0 Å². The molecule has 8 nitrogen and oxygen atoms in total. The van der Waals surface area contributed by atoms with E-state index in [1.807, 2.05) is 24.3 Å². The van der Waals surface area contributed by atoms with Crippen LogP contribution in [0.5, 0.6) is 5.75 Å². The van der Waals surface area contributed by atoms with Crippen LogP contribution in [0.4, 0.5) is 23.7 Å². The van der Waals surface area contributed by atoms with Crippen molar-refractivity contribution in [2.75, 3.05) is 17.2 Å². The van der Waals surface area contributed by atoms with Gasteiger partial charge in [0, 0.05) is 23.5 Å². The molecule has 0 atom stereocenters. The topological polar surface area (TPSA) is 84.6 Å². The lowest BCUT2D eigenvalue weighted by Crippen LogP contribution is -2.34. The molecule has 12 heteroatoms. The zero-order chi connectivity index (χ0) is 31.1. The van der Waals surface area contributed by atoms with E-state index < -0.39 is 11.9 Å². The van der Waals surface area contributed by atoms with Crippen LogP contribution in [0.1, 0.15) is 49.3 Å². The number of hydrogen-bond donors (Lipinski definition) is 1. The van der Waals surface area contributed by atoms with Crippen LogP contribution in [0.25, 0.3) is 17.1 Å². The molecule has 6 rings (SSSR count). The molecule has 3 aromatic carbocycles. The first-order valence-electron chi connectivity index (χ1n) is 14.3. The number of aromatic nitrogens is 3. The molecule has 2 heterocycles. The molecule has 2 fully saturated rings. The number of alkyl halides is 3. The summed E-state index contributed by atoms with van der Waals surface area (Å²) in [4.78, 5) is 24.2. The average molecular weight is 621 g/mol. The zero-order valence-electron chi connectivity index (χ0n) is 24.4. The molecule has 0 bridgehead atoms. The van der Waals surface area contributed by atoms with E-state index in [1.54, 1.807) is 11.8 Å². The fraction of sp³-hybridized carbons (Fsp3) is 0.312. The second kappa shape index (κ2) is 11.6. The van der Waals surface area contributed by atoms with Crippen LogP contribution < -0.4 is 15.0 Å². The number of nitrogens with zero attached hydrogens (tertiary/aromatic N) is 5. The zero-order valence-corrected chi connectivity index (χ0v) is 25.2. The molecular weight excluding hydrogens is 589 g/mol. The molecule has 4 aromatic rings. The number of hydrogen-bond acceptors (Lipinski definition) is 5. The number of benzene rings is 3. The van der Waals surface area contributed by atoms with Crippen LogP contribution in [0.3, 0.4) is 0 Å². The van der Waals surface area contributed by atoms with Gasteiger partial charge in [-0.05, 0) is 72.7 Å². The Hall–Kier alpha value is -4.32. The molecule has 1 saturated heterocycles. The lowest BCUT2D eigenvalue weighted by molar-refractivity contribution is -0.274. The van der Waals surface area contributed by atoms with Crippen molar-refractivity contribution in [1.29, 1.82) is 0 Å². The number of aliphatic imine (C=N–C) groups is 1. The Labute approximate surface area is 257 Å². The SMILES string of the molecule is Cc1ccc(C(C)C)c(N2CCSC2=NC(=O)NC2(c3ccc(-c4ncn(-c5ccc(OC(F)(F)F)cc5)n4)cc3)CC2)c1. The smallest absolute Gasteiger partial charge is 0.406 e. The van der Waals surface area contributed by atoms with Crippen LogP contribution in [0, 0.1) is 6.92 Å². The molecular formula is C32H31F3N6O2S.